The Morgan fingerprint density at radius 2 is 2.35 bits per heavy atom. The van der Waals surface area contributed by atoms with Crippen LogP contribution in [0.3, 0.4) is 0 Å². The summed E-state index contributed by atoms with van der Waals surface area (Å²) in [5, 5.41) is 14.5. The molecule has 1 unspecified atom stereocenters. The maximum absolute atomic E-state index is 11.9. The van der Waals surface area contributed by atoms with Crippen molar-refractivity contribution in [2.75, 3.05) is 19.6 Å². The van der Waals surface area contributed by atoms with Crippen molar-refractivity contribution in [3.63, 3.8) is 0 Å². The molecule has 0 saturated carbocycles. The molecule has 0 radical (unpaired) electrons. The Bertz CT molecular complexity index is 471. The summed E-state index contributed by atoms with van der Waals surface area (Å²) in [6.07, 6.45) is 1.66. The summed E-state index contributed by atoms with van der Waals surface area (Å²) in [5.74, 6) is -0.0373. The van der Waals surface area contributed by atoms with Gasteiger partial charge in [0.25, 0.3) is 5.91 Å². The van der Waals surface area contributed by atoms with E-state index in [-0.39, 0.29) is 11.8 Å². The number of carbonyl (C=O) groups excluding carboxylic acids is 2. The van der Waals surface area contributed by atoms with Crippen molar-refractivity contribution in [3.05, 3.63) is 22.4 Å². The van der Waals surface area contributed by atoms with Gasteiger partial charge >= 0.3 is 0 Å². The molecule has 0 bridgehead atoms. The second-order valence-electron chi connectivity index (χ2n) is 5.40. The Hall–Kier alpha value is -1.40. The number of nitrogens with one attached hydrogen (secondary N) is 1. The van der Waals surface area contributed by atoms with Gasteiger partial charge < -0.3 is 15.3 Å². The van der Waals surface area contributed by atoms with Crippen LogP contribution in [0.1, 0.15) is 35.9 Å². The van der Waals surface area contributed by atoms with E-state index in [9.17, 15) is 14.7 Å². The number of hydrogen-bond acceptors (Lipinski definition) is 4. The highest BCUT2D eigenvalue weighted by Crippen LogP contribution is 2.20. The molecule has 2 N–H and O–H groups in total. The van der Waals surface area contributed by atoms with Gasteiger partial charge in [-0.25, -0.2) is 0 Å². The standard InChI is InChI=1S/C14H20N2O3S/c1-14(19)6-8-16(10-14)12(17)5-2-7-15-13(18)11-4-3-9-20-11/h3-4,9,19H,2,5-8,10H2,1H3,(H,15,18). The van der Waals surface area contributed by atoms with Gasteiger partial charge in [-0.3, -0.25) is 9.59 Å². The second kappa shape index (κ2) is 6.37. The van der Waals surface area contributed by atoms with Crippen LogP contribution in [0.15, 0.2) is 17.5 Å². The monoisotopic (exact) mass is 296 g/mol. The van der Waals surface area contributed by atoms with Gasteiger partial charge in [0, 0.05) is 26.1 Å². The highest BCUT2D eigenvalue weighted by atomic mass is 32.1. The first-order valence-corrected chi connectivity index (χ1v) is 7.68. The minimum Gasteiger partial charge on any atom is -0.388 e. The molecule has 1 aliphatic heterocycles. The summed E-state index contributed by atoms with van der Waals surface area (Å²) in [6, 6.07) is 3.61. The van der Waals surface area contributed by atoms with Gasteiger partial charge in [0.2, 0.25) is 5.91 Å². The third-order valence-electron chi connectivity index (χ3n) is 3.40. The molecule has 2 heterocycles. The molecule has 2 amide bonds. The van der Waals surface area contributed by atoms with Crippen molar-refractivity contribution < 1.29 is 14.7 Å². The number of rotatable bonds is 5. The lowest BCUT2D eigenvalue weighted by Crippen LogP contribution is -2.34. The number of β-amino-alcohol motifs (C(OH)–C–C–N with tert-alkyl or cyclic N) is 1. The second-order valence-corrected chi connectivity index (χ2v) is 6.35. The highest BCUT2D eigenvalue weighted by Gasteiger charge is 2.33. The zero-order valence-corrected chi connectivity index (χ0v) is 12.4. The summed E-state index contributed by atoms with van der Waals surface area (Å²) in [7, 11) is 0. The summed E-state index contributed by atoms with van der Waals surface area (Å²) < 4.78 is 0. The van der Waals surface area contributed by atoms with E-state index in [1.54, 1.807) is 17.9 Å². The van der Waals surface area contributed by atoms with Gasteiger partial charge in [0.1, 0.15) is 0 Å². The van der Waals surface area contributed by atoms with Gasteiger partial charge in [-0.2, -0.15) is 0 Å². The average Bonchev–Trinajstić information content (AvgIpc) is 3.03. The molecule has 0 spiro atoms. The minimum absolute atomic E-state index is 0.0492. The molecule has 1 fully saturated rings. The predicted octanol–water partition coefficient (Wildman–Crippen LogP) is 1.24. The van der Waals surface area contributed by atoms with Crippen LogP contribution in [0.5, 0.6) is 0 Å². The fraction of sp³-hybridized carbons (Fsp3) is 0.571. The molecule has 5 nitrogen and oxygen atoms in total. The Balaban J connectivity index is 1.64. The molecule has 0 aromatic carbocycles. The molecule has 0 aliphatic carbocycles. The smallest absolute Gasteiger partial charge is 0.261 e. The quantitative estimate of drug-likeness (QED) is 0.803. The first-order valence-electron chi connectivity index (χ1n) is 6.80. The first kappa shape index (κ1) is 15.0. The van der Waals surface area contributed by atoms with E-state index in [1.165, 1.54) is 11.3 Å². The molecule has 110 valence electrons. The largest absolute Gasteiger partial charge is 0.388 e. The molecule has 1 saturated heterocycles. The van der Waals surface area contributed by atoms with Gasteiger partial charge in [-0.15, -0.1) is 11.3 Å². The molecule has 1 atom stereocenters. The zero-order chi connectivity index (χ0) is 14.6. The molecule has 20 heavy (non-hydrogen) atoms. The van der Waals surface area contributed by atoms with Crippen LogP contribution in [-0.2, 0) is 4.79 Å². The van der Waals surface area contributed by atoms with E-state index >= 15 is 0 Å². The SMILES string of the molecule is CC1(O)CCN(C(=O)CCCNC(=O)c2cccs2)C1. The summed E-state index contributed by atoms with van der Waals surface area (Å²) in [6.45, 7) is 3.27. The number of aliphatic hydroxyl groups is 1. The molecular weight excluding hydrogens is 276 g/mol. The molecule has 1 aromatic rings. The summed E-state index contributed by atoms with van der Waals surface area (Å²) in [5.41, 5.74) is -0.747. The topological polar surface area (TPSA) is 69.6 Å². The van der Waals surface area contributed by atoms with Crippen molar-refractivity contribution >= 4 is 23.2 Å². The minimum atomic E-state index is -0.747. The van der Waals surface area contributed by atoms with Gasteiger partial charge in [0.15, 0.2) is 0 Å². The van der Waals surface area contributed by atoms with E-state index in [1.807, 2.05) is 11.4 Å². The predicted molar refractivity (Wildman–Crippen MR) is 77.7 cm³/mol. The van der Waals surface area contributed by atoms with Crippen LogP contribution >= 0.6 is 11.3 Å². The number of carbonyl (C=O) groups is 2. The Morgan fingerprint density at radius 1 is 1.55 bits per heavy atom. The van der Waals surface area contributed by atoms with Gasteiger partial charge in [-0.1, -0.05) is 6.07 Å². The Kier molecular flexibility index (Phi) is 4.77. The van der Waals surface area contributed by atoms with Crippen molar-refractivity contribution in [2.24, 2.45) is 0 Å². The van der Waals surface area contributed by atoms with Crippen LogP contribution < -0.4 is 5.32 Å². The van der Waals surface area contributed by atoms with E-state index in [0.29, 0.717) is 43.8 Å². The van der Waals surface area contributed by atoms with Gasteiger partial charge in [0.05, 0.1) is 10.5 Å². The zero-order valence-electron chi connectivity index (χ0n) is 11.6. The molecule has 6 heteroatoms. The maximum Gasteiger partial charge on any atom is 0.261 e. The lowest BCUT2D eigenvalue weighted by atomic mass is 10.1. The molecule has 1 aliphatic rings. The molecular formula is C14H20N2O3S. The first-order chi connectivity index (χ1) is 9.48. The van der Waals surface area contributed by atoms with Crippen molar-refractivity contribution in [1.82, 2.24) is 10.2 Å². The lowest BCUT2D eigenvalue weighted by Gasteiger charge is -2.19. The van der Waals surface area contributed by atoms with E-state index in [4.69, 9.17) is 0 Å². The van der Waals surface area contributed by atoms with Gasteiger partial charge in [-0.05, 0) is 31.2 Å². The third kappa shape index (κ3) is 4.05. The van der Waals surface area contributed by atoms with E-state index in [2.05, 4.69) is 5.32 Å². The lowest BCUT2D eigenvalue weighted by molar-refractivity contribution is -0.131. The number of amides is 2. The molecule has 1 aromatic heterocycles. The Labute approximate surface area is 122 Å². The maximum atomic E-state index is 11.9. The van der Waals surface area contributed by atoms with Crippen molar-refractivity contribution in [3.8, 4) is 0 Å². The van der Waals surface area contributed by atoms with Crippen LogP contribution in [0.4, 0.5) is 0 Å². The normalized spacial score (nSPS) is 22.0. The number of likely N-dealkylation sites (tertiary alicyclic amines) is 1. The van der Waals surface area contributed by atoms with E-state index < -0.39 is 5.60 Å². The Morgan fingerprint density at radius 3 is 2.95 bits per heavy atom. The number of hydrogen-bond donors (Lipinski definition) is 2. The molecule has 2 rings (SSSR count). The fourth-order valence-electron chi connectivity index (χ4n) is 2.25. The third-order valence-corrected chi connectivity index (χ3v) is 4.27. The highest BCUT2D eigenvalue weighted by molar-refractivity contribution is 7.12. The van der Waals surface area contributed by atoms with Crippen molar-refractivity contribution in [1.29, 1.82) is 0 Å². The van der Waals surface area contributed by atoms with Crippen LogP contribution in [0, 0.1) is 0 Å². The summed E-state index contributed by atoms with van der Waals surface area (Å²) in [4.78, 5) is 26.0. The van der Waals surface area contributed by atoms with Crippen LogP contribution in [0.2, 0.25) is 0 Å². The van der Waals surface area contributed by atoms with E-state index in [0.717, 1.165) is 0 Å². The van der Waals surface area contributed by atoms with Crippen LogP contribution in [0.25, 0.3) is 0 Å². The summed E-state index contributed by atoms with van der Waals surface area (Å²) >= 11 is 1.40. The average molecular weight is 296 g/mol. The van der Waals surface area contributed by atoms with Crippen LogP contribution in [-0.4, -0.2) is 47.1 Å². The van der Waals surface area contributed by atoms with Crippen molar-refractivity contribution in [2.45, 2.75) is 31.8 Å². The number of thiophene rings is 1. The number of nitrogens with zero attached hydrogens (tertiary/aromatic N) is 1. The fourth-order valence-corrected chi connectivity index (χ4v) is 2.89.